The second kappa shape index (κ2) is 4.58. The molecule has 3 aromatic heterocycles. The fraction of sp³-hybridized carbons (Fsp3) is 0.0526. The van der Waals surface area contributed by atoms with Gasteiger partial charge in [0.2, 0.25) is 0 Å². The van der Waals surface area contributed by atoms with Crippen molar-refractivity contribution in [2.75, 3.05) is 0 Å². The van der Waals surface area contributed by atoms with E-state index in [1.165, 1.54) is 0 Å². The van der Waals surface area contributed by atoms with Gasteiger partial charge in [-0.05, 0) is 37.3 Å². The van der Waals surface area contributed by atoms with Crippen molar-refractivity contribution >= 4 is 32.9 Å². The summed E-state index contributed by atoms with van der Waals surface area (Å²) in [7, 11) is 0. The summed E-state index contributed by atoms with van der Waals surface area (Å²) < 4.78 is 7.51. The molecule has 0 unspecified atom stereocenters. The Labute approximate surface area is 136 Å². The zero-order chi connectivity index (χ0) is 16.3. The summed E-state index contributed by atoms with van der Waals surface area (Å²) in [5.41, 5.74) is 4.40. The van der Waals surface area contributed by atoms with Gasteiger partial charge in [-0.15, -0.1) is 0 Å². The van der Waals surface area contributed by atoms with Crippen LogP contribution in [0.1, 0.15) is 5.69 Å². The van der Waals surface area contributed by atoms with Gasteiger partial charge in [0, 0.05) is 22.7 Å². The number of hydrogen-bond acceptors (Lipinski definition) is 4. The van der Waals surface area contributed by atoms with Crippen LogP contribution in [0.5, 0.6) is 5.75 Å². The third-order valence-electron chi connectivity index (χ3n) is 4.41. The summed E-state index contributed by atoms with van der Waals surface area (Å²) in [6.45, 7) is 1.92. The molecule has 3 heterocycles. The van der Waals surface area contributed by atoms with Gasteiger partial charge in [-0.2, -0.15) is 0 Å². The average Bonchev–Trinajstić information content (AvgIpc) is 3.14. The first-order valence-electron chi connectivity index (χ1n) is 7.67. The summed E-state index contributed by atoms with van der Waals surface area (Å²) in [4.78, 5) is 4.42. The topological polar surface area (TPSA) is 64.1 Å². The SMILES string of the molecule is Cc1noc2ncc3c4ccccc4n(-c4ccc(O)cc4)c3c12. The number of phenols is 1. The van der Waals surface area contributed by atoms with Crippen LogP contribution in [-0.4, -0.2) is 19.8 Å². The highest BCUT2D eigenvalue weighted by Crippen LogP contribution is 2.36. The molecule has 116 valence electrons. The van der Waals surface area contributed by atoms with Gasteiger partial charge in [-0.1, -0.05) is 23.4 Å². The summed E-state index contributed by atoms with van der Waals surface area (Å²) in [5.74, 6) is 0.243. The number of rotatable bonds is 1. The number of fused-ring (bicyclic) bond motifs is 5. The normalized spacial score (nSPS) is 11.7. The van der Waals surface area contributed by atoms with Crippen molar-refractivity contribution < 1.29 is 9.63 Å². The smallest absolute Gasteiger partial charge is 0.260 e. The van der Waals surface area contributed by atoms with E-state index in [1.807, 2.05) is 37.4 Å². The van der Waals surface area contributed by atoms with E-state index in [-0.39, 0.29) is 5.75 Å². The van der Waals surface area contributed by atoms with Gasteiger partial charge in [0.05, 0.1) is 22.1 Å². The monoisotopic (exact) mass is 315 g/mol. The van der Waals surface area contributed by atoms with Gasteiger partial charge in [0.15, 0.2) is 0 Å². The molecule has 0 saturated carbocycles. The average molecular weight is 315 g/mol. The molecule has 0 fully saturated rings. The Bertz CT molecular complexity index is 1220. The maximum absolute atomic E-state index is 9.62. The van der Waals surface area contributed by atoms with Crippen LogP contribution in [0, 0.1) is 6.92 Å². The van der Waals surface area contributed by atoms with Crippen LogP contribution in [-0.2, 0) is 0 Å². The molecule has 24 heavy (non-hydrogen) atoms. The molecular weight excluding hydrogens is 302 g/mol. The Morgan fingerprint density at radius 3 is 2.62 bits per heavy atom. The highest BCUT2D eigenvalue weighted by molar-refractivity contribution is 6.17. The van der Waals surface area contributed by atoms with Gasteiger partial charge in [0.25, 0.3) is 5.71 Å². The first kappa shape index (κ1) is 13.1. The van der Waals surface area contributed by atoms with E-state index in [9.17, 15) is 5.11 Å². The molecule has 0 radical (unpaired) electrons. The lowest BCUT2D eigenvalue weighted by Gasteiger charge is -2.08. The molecule has 0 bridgehead atoms. The van der Waals surface area contributed by atoms with E-state index in [0.29, 0.717) is 5.71 Å². The molecule has 0 spiro atoms. The molecule has 0 aliphatic carbocycles. The van der Waals surface area contributed by atoms with E-state index in [4.69, 9.17) is 4.52 Å². The highest BCUT2D eigenvalue weighted by Gasteiger charge is 2.18. The predicted molar refractivity (Wildman–Crippen MR) is 92.5 cm³/mol. The quantitative estimate of drug-likeness (QED) is 0.500. The maximum atomic E-state index is 9.62. The molecule has 5 aromatic rings. The third kappa shape index (κ3) is 1.64. The summed E-state index contributed by atoms with van der Waals surface area (Å²) >= 11 is 0. The second-order valence-corrected chi connectivity index (χ2v) is 5.84. The van der Waals surface area contributed by atoms with Crippen LogP contribution in [0.4, 0.5) is 0 Å². The summed E-state index contributed by atoms with van der Waals surface area (Å²) in [6.07, 6.45) is 1.83. The minimum Gasteiger partial charge on any atom is -0.508 e. The van der Waals surface area contributed by atoms with Gasteiger partial charge < -0.3 is 14.2 Å². The molecular formula is C19H13N3O2. The number of pyridine rings is 1. The Balaban J connectivity index is 2.07. The minimum atomic E-state index is 0.243. The van der Waals surface area contributed by atoms with Crippen molar-refractivity contribution in [3.63, 3.8) is 0 Å². The third-order valence-corrected chi connectivity index (χ3v) is 4.41. The molecule has 5 nitrogen and oxygen atoms in total. The number of phenolic OH excluding ortho intramolecular Hbond substituents is 1. The molecule has 0 aliphatic heterocycles. The molecule has 5 rings (SSSR count). The van der Waals surface area contributed by atoms with E-state index >= 15 is 0 Å². The van der Waals surface area contributed by atoms with E-state index in [1.54, 1.807) is 12.1 Å². The van der Waals surface area contributed by atoms with E-state index in [2.05, 4.69) is 26.8 Å². The molecule has 0 saturated heterocycles. The first-order valence-corrected chi connectivity index (χ1v) is 7.67. The van der Waals surface area contributed by atoms with Gasteiger partial charge in [-0.25, -0.2) is 4.98 Å². The fourth-order valence-corrected chi connectivity index (χ4v) is 3.35. The largest absolute Gasteiger partial charge is 0.508 e. The zero-order valence-corrected chi connectivity index (χ0v) is 12.9. The lowest BCUT2D eigenvalue weighted by molar-refractivity contribution is 0.443. The Kier molecular flexibility index (Phi) is 2.51. The predicted octanol–water partition coefficient (Wildman–Crippen LogP) is 4.33. The number of benzene rings is 2. The summed E-state index contributed by atoms with van der Waals surface area (Å²) in [5, 5.41) is 16.8. The van der Waals surface area contributed by atoms with Crippen molar-refractivity contribution in [3.8, 4) is 11.4 Å². The van der Waals surface area contributed by atoms with Crippen molar-refractivity contribution in [2.24, 2.45) is 0 Å². The number of aromatic hydroxyl groups is 1. The number of nitrogens with zero attached hydrogens (tertiary/aromatic N) is 3. The Morgan fingerprint density at radius 2 is 1.79 bits per heavy atom. The van der Waals surface area contributed by atoms with E-state index in [0.717, 1.165) is 38.6 Å². The second-order valence-electron chi connectivity index (χ2n) is 5.84. The van der Waals surface area contributed by atoms with Gasteiger partial charge in [-0.3, -0.25) is 0 Å². The first-order chi connectivity index (χ1) is 11.7. The lowest BCUT2D eigenvalue weighted by Crippen LogP contribution is -1.94. The van der Waals surface area contributed by atoms with Crippen molar-refractivity contribution in [1.29, 1.82) is 0 Å². The van der Waals surface area contributed by atoms with Gasteiger partial charge >= 0.3 is 0 Å². The van der Waals surface area contributed by atoms with Crippen LogP contribution in [0.3, 0.4) is 0 Å². The number of hydrogen-bond donors (Lipinski definition) is 1. The molecule has 1 N–H and O–H groups in total. The molecule has 0 amide bonds. The Morgan fingerprint density at radius 1 is 1.00 bits per heavy atom. The van der Waals surface area contributed by atoms with Gasteiger partial charge in [0.1, 0.15) is 5.75 Å². The standard InChI is InChI=1S/C19H13N3O2/c1-11-17-18-15(10-20-19(17)24-21-11)14-4-2-3-5-16(14)22(18)12-6-8-13(23)9-7-12/h2-10,23H,1H3. The molecule has 2 aromatic carbocycles. The van der Waals surface area contributed by atoms with Crippen molar-refractivity contribution in [3.05, 3.63) is 60.4 Å². The van der Waals surface area contributed by atoms with E-state index < -0.39 is 0 Å². The fourth-order valence-electron chi connectivity index (χ4n) is 3.35. The van der Waals surface area contributed by atoms with Crippen molar-refractivity contribution in [2.45, 2.75) is 6.92 Å². The molecule has 0 aliphatic rings. The van der Waals surface area contributed by atoms with Crippen molar-refractivity contribution in [1.82, 2.24) is 14.7 Å². The Hall–Kier alpha value is -3.34. The molecule has 0 atom stereocenters. The number of aryl methyl sites for hydroxylation is 1. The van der Waals surface area contributed by atoms with Crippen LogP contribution in [0.25, 0.3) is 38.6 Å². The van der Waals surface area contributed by atoms with Crippen LogP contribution in [0.15, 0.2) is 59.3 Å². The highest BCUT2D eigenvalue weighted by atomic mass is 16.5. The maximum Gasteiger partial charge on any atom is 0.260 e. The minimum absolute atomic E-state index is 0.243. The van der Waals surface area contributed by atoms with Crippen LogP contribution >= 0.6 is 0 Å². The number of para-hydroxylation sites is 1. The lowest BCUT2D eigenvalue weighted by atomic mass is 10.1. The zero-order valence-electron chi connectivity index (χ0n) is 12.9. The van der Waals surface area contributed by atoms with Crippen LogP contribution in [0.2, 0.25) is 0 Å². The molecule has 5 heteroatoms. The summed E-state index contributed by atoms with van der Waals surface area (Å²) in [6, 6.07) is 15.4. The van der Waals surface area contributed by atoms with Crippen LogP contribution < -0.4 is 0 Å². The number of aromatic nitrogens is 3.